The molecule has 2 rings (SSSR count). The number of benzene rings is 1. The second-order valence-electron chi connectivity index (χ2n) is 4.37. The number of nitrogens with two attached hydrogens (primary N) is 1. The van der Waals surface area contributed by atoms with Crippen molar-refractivity contribution in [2.75, 3.05) is 12.3 Å². The van der Waals surface area contributed by atoms with Gasteiger partial charge in [0, 0.05) is 18.4 Å². The predicted molar refractivity (Wildman–Crippen MR) is 75.5 cm³/mol. The maximum atomic E-state index is 13.3. The van der Waals surface area contributed by atoms with Crippen LogP contribution in [0.25, 0.3) is 0 Å². The summed E-state index contributed by atoms with van der Waals surface area (Å²) >= 11 is 0. The van der Waals surface area contributed by atoms with Gasteiger partial charge in [-0.25, -0.2) is 4.39 Å². The van der Waals surface area contributed by atoms with Crippen LogP contribution in [-0.2, 0) is 6.54 Å². The Morgan fingerprint density at radius 3 is 2.80 bits per heavy atom. The van der Waals surface area contributed by atoms with Gasteiger partial charge >= 0.3 is 0 Å². The maximum Gasteiger partial charge on any atom is 0.256 e. The van der Waals surface area contributed by atoms with Gasteiger partial charge in [-0.2, -0.15) is 0 Å². The number of hydrogen-bond acceptors (Lipinski definition) is 3. The number of hydrogen-bond donors (Lipinski definition) is 1. The molecule has 0 saturated heterocycles. The van der Waals surface area contributed by atoms with Crippen LogP contribution in [0.15, 0.2) is 42.6 Å². The highest BCUT2D eigenvalue weighted by Crippen LogP contribution is 2.17. The zero-order valence-electron chi connectivity index (χ0n) is 11.2. The van der Waals surface area contributed by atoms with Crippen molar-refractivity contribution in [1.82, 2.24) is 9.88 Å². The molecule has 2 aromatic rings. The predicted octanol–water partition coefficient (Wildman–Crippen LogP) is 2.47. The summed E-state index contributed by atoms with van der Waals surface area (Å²) < 4.78 is 13.3. The first-order valence-electron chi connectivity index (χ1n) is 6.36. The number of nitrogen functional groups attached to an aromatic ring is 1. The number of halogens is 1. The number of pyridine rings is 1. The number of nitrogens with zero attached hydrogens (tertiary/aromatic N) is 2. The van der Waals surface area contributed by atoms with Crippen molar-refractivity contribution in [2.45, 2.75) is 13.5 Å². The SMILES string of the molecule is CCN(Cc1ccccn1)C(=O)c1cc(F)ccc1N. The fourth-order valence-corrected chi connectivity index (χ4v) is 1.90. The van der Waals surface area contributed by atoms with Gasteiger partial charge in [-0.3, -0.25) is 9.78 Å². The lowest BCUT2D eigenvalue weighted by atomic mass is 10.1. The molecule has 0 radical (unpaired) electrons. The van der Waals surface area contributed by atoms with Crippen molar-refractivity contribution in [1.29, 1.82) is 0 Å². The normalized spacial score (nSPS) is 10.3. The molecule has 0 atom stereocenters. The highest BCUT2D eigenvalue weighted by atomic mass is 19.1. The number of rotatable bonds is 4. The van der Waals surface area contributed by atoms with E-state index in [1.165, 1.54) is 18.2 Å². The van der Waals surface area contributed by atoms with Gasteiger partial charge < -0.3 is 10.6 Å². The Kier molecular flexibility index (Phi) is 4.30. The first kappa shape index (κ1) is 14.0. The molecule has 1 aromatic heterocycles. The number of carbonyl (C=O) groups is 1. The van der Waals surface area contributed by atoms with Crippen molar-refractivity contribution in [3.8, 4) is 0 Å². The molecule has 20 heavy (non-hydrogen) atoms. The van der Waals surface area contributed by atoms with Crippen LogP contribution in [-0.4, -0.2) is 22.3 Å². The van der Waals surface area contributed by atoms with E-state index in [4.69, 9.17) is 5.73 Å². The minimum Gasteiger partial charge on any atom is -0.398 e. The number of anilines is 1. The molecular formula is C15H16FN3O. The standard InChI is InChI=1S/C15H16FN3O/c1-2-19(10-12-5-3-4-8-18-12)15(20)13-9-11(16)6-7-14(13)17/h3-9H,2,10,17H2,1H3. The van der Waals surface area contributed by atoms with Gasteiger partial charge in [0.1, 0.15) is 5.82 Å². The van der Waals surface area contributed by atoms with Gasteiger partial charge in [-0.15, -0.1) is 0 Å². The second kappa shape index (κ2) is 6.14. The molecule has 0 unspecified atom stereocenters. The molecule has 0 bridgehead atoms. The van der Waals surface area contributed by atoms with Crippen molar-refractivity contribution in [3.63, 3.8) is 0 Å². The summed E-state index contributed by atoms with van der Waals surface area (Å²) in [5.41, 5.74) is 6.98. The molecule has 1 amide bonds. The van der Waals surface area contributed by atoms with Crippen LogP contribution in [0.5, 0.6) is 0 Å². The molecule has 0 aliphatic rings. The lowest BCUT2D eigenvalue weighted by molar-refractivity contribution is 0.0751. The molecule has 0 aliphatic carbocycles. The largest absolute Gasteiger partial charge is 0.398 e. The second-order valence-corrected chi connectivity index (χ2v) is 4.37. The number of amides is 1. The van der Waals surface area contributed by atoms with Gasteiger partial charge in [0.2, 0.25) is 0 Å². The van der Waals surface area contributed by atoms with E-state index in [2.05, 4.69) is 4.98 Å². The molecule has 104 valence electrons. The summed E-state index contributed by atoms with van der Waals surface area (Å²) in [5.74, 6) is -0.772. The maximum absolute atomic E-state index is 13.3. The van der Waals surface area contributed by atoms with Gasteiger partial charge in [0.05, 0.1) is 17.8 Å². The Bertz CT molecular complexity index is 601. The zero-order valence-corrected chi connectivity index (χ0v) is 11.2. The van der Waals surface area contributed by atoms with Crippen molar-refractivity contribution >= 4 is 11.6 Å². The molecule has 0 aliphatic heterocycles. The molecule has 1 heterocycles. The minimum absolute atomic E-state index is 0.183. The van der Waals surface area contributed by atoms with E-state index < -0.39 is 5.82 Å². The van der Waals surface area contributed by atoms with Crippen LogP contribution in [0, 0.1) is 5.82 Å². The van der Waals surface area contributed by atoms with E-state index in [-0.39, 0.29) is 17.2 Å². The summed E-state index contributed by atoms with van der Waals surface area (Å²) in [5, 5.41) is 0. The summed E-state index contributed by atoms with van der Waals surface area (Å²) in [4.78, 5) is 18.2. The zero-order chi connectivity index (χ0) is 14.5. The highest BCUT2D eigenvalue weighted by molar-refractivity contribution is 5.99. The topological polar surface area (TPSA) is 59.2 Å². The van der Waals surface area contributed by atoms with E-state index in [0.29, 0.717) is 13.1 Å². The Morgan fingerprint density at radius 2 is 2.15 bits per heavy atom. The van der Waals surface area contributed by atoms with Crippen LogP contribution >= 0.6 is 0 Å². The van der Waals surface area contributed by atoms with Crippen molar-refractivity contribution < 1.29 is 9.18 Å². The number of carbonyl (C=O) groups excluding carboxylic acids is 1. The third-order valence-electron chi connectivity index (χ3n) is 2.99. The molecule has 5 heteroatoms. The summed E-state index contributed by atoms with van der Waals surface area (Å²) in [7, 11) is 0. The molecular weight excluding hydrogens is 257 g/mol. The average Bonchev–Trinajstić information content (AvgIpc) is 2.47. The van der Waals surface area contributed by atoms with E-state index in [1.54, 1.807) is 11.1 Å². The lowest BCUT2D eigenvalue weighted by Crippen LogP contribution is -2.31. The van der Waals surface area contributed by atoms with E-state index in [0.717, 1.165) is 5.69 Å². The summed E-state index contributed by atoms with van der Waals surface area (Å²) in [6.07, 6.45) is 1.67. The van der Waals surface area contributed by atoms with Crippen LogP contribution in [0.4, 0.5) is 10.1 Å². The van der Waals surface area contributed by atoms with Crippen molar-refractivity contribution in [3.05, 3.63) is 59.7 Å². The summed E-state index contributed by atoms with van der Waals surface area (Å²) in [6, 6.07) is 9.31. The fourth-order valence-electron chi connectivity index (χ4n) is 1.90. The fraction of sp³-hybridized carbons (Fsp3) is 0.200. The first-order chi connectivity index (χ1) is 9.61. The Morgan fingerprint density at radius 1 is 1.35 bits per heavy atom. The van der Waals surface area contributed by atoms with Gasteiger partial charge in [-0.1, -0.05) is 6.07 Å². The molecule has 0 fully saturated rings. The highest BCUT2D eigenvalue weighted by Gasteiger charge is 2.18. The van der Waals surface area contributed by atoms with Crippen LogP contribution in [0.2, 0.25) is 0 Å². The smallest absolute Gasteiger partial charge is 0.256 e. The van der Waals surface area contributed by atoms with E-state index in [1.807, 2.05) is 25.1 Å². The quantitative estimate of drug-likeness (QED) is 0.870. The monoisotopic (exact) mass is 273 g/mol. The first-order valence-corrected chi connectivity index (χ1v) is 6.36. The minimum atomic E-state index is -0.476. The Hall–Kier alpha value is -2.43. The van der Waals surface area contributed by atoms with E-state index >= 15 is 0 Å². The molecule has 0 spiro atoms. The third-order valence-corrected chi connectivity index (χ3v) is 2.99. The molecule has 2 N–H and O–H groups in total. The van der Waals surface area contributed by atoms with E-state index in [9.17, 15) is 9.18 Å². The van der Waals surface area contributed by atoms with Crippen LogP contribution in [0.3, 0.4) is 0 Å². The van der Waals surface area contributed by atoms with Crippen LogP contribution < -0.4 is 5.73 Å². The van der Waals surface area contributed by atoms with Crippen LogP contribution in [0.1, 0.15) is 23.0 Å². The molecule has 0 saturated carbocycles. The van der Waals surface area contributed by atoms with Crippen molar-refractivity contribution in [2.24, 2.45) is 0 Å². The molecule has 4 nitrogen and oxygen atoms in total. The molecule has 1 aromatic carbocycles. The Labute approximate surface area is 117 Å². The third kappa shape index (κ3) is 3.12. The average molecular weight is 273 g/mol. The Balaban J connectivity index is 2.23. The van der Waals surface area contributed by atoms with Gasteiger partial charge in [0.15, 0.2) is 0 Å². The lowest BCUT2D eigenvalue weighted by Gasteiger charge is -2.21. The van der Waals surface area contributed by atoms with Gasteiger partial charge in [0.25, 0.3) is 5.91 Å². The number of aromatic nitrogens is 1. The van der Waals surface area contributed by atoms with Gasteiger partial charge in [-0.05, 0) is 37.3 Å². The summed E-state index contributed by atoms with van der Waals surface area (Å²) in [6.45, 7) is 2.72.